The van der Waals surface area contributed by atoms with Gasteiger partial charge in [-0.05, 0) is 0 Å². The van der Waals surface area contributed by atoms with Gasteiger partial charge in [0.2, 0.25) is 0 Å². The van der Waals surface area contributed by atoms with Gasteiger partial charge in [0.15, 0.2) is 0 Å². The number of rotatable bonds is 16. The van der Waals surface area contributed by atoms with Gasteiger partial charge < -0.3 is 0 Å². The molecule has 7 heteroatoms. The fraction of sp³-hybridized carbons (Fsp3) is 0.536. The van der Waals surface area contributed by atoms with E-state index in [1.54, 1.807) is 29.9 Å². The van der Waals surface area contributed by atoms with E-state index in [1.165, 1.54) is 16.7 Å². The zero-order valence-corrected chi connectivity index (χ0v) is 53.1. The molecule has 0 spiro atoms. The second-order valence-electron chi connectivity index (χ2n) is 27.3. The van der Waals surface area contributed by atoms with E-state index in [9.17, 15) is 0 Å². The summed E-state index contributed by atoms with van der Waals surface area (Å²) in [6.45, 7) is 64.2. The van der Waals surface area contributed by atoms with E-state index in [1.807, 2.05) is 15.5 Å². The second kappa shape index (κ2) is 18.2. The summed E-state index contributed by atoms with van der Waals surface area (Å²) in [5, 5.41) is 1.94. The SMILES string of the molecule is CC(C)c1cc(C(C)C)[c]([Ge]2([c]3c(C([Si](C)(C)C)[Si](C)(C)C)cc(C([Si](C)(C)C)[Si](C)(C)C)cc3C([Si](C)(C)C)[Si](C)(C)C)[C](c3ccccc3)=[C]2c2ccccc2)c(C(C)C)c1. The Morgan fingerprint density at radius 3 is 0.841 bits per heavy atom. The molecule has 0 saturated heterocycles. The summed E-state index contributed by atoms with van der Waals surface area (Å²) in [5.74, 6) is 1.30. The van der Waals surface area contributed by atoms with E-state index in [0.717, 1.165) is 0 Å². The van der Waals surface area contributed by atoms with Gasteiger partial charge in [-0.25, -0.2) is 0 Å². The molecule has 0 saturated carbocycles. The van der Waals surface area contributed by atoms with Crippen molar-refractivity contribution in [2.24, 2.45) is 0 Å². The van der Waals surface area contributed by atoms with Crippen LogP contribution < -0.4 is 8.79 Å². The summed E-state index contributed by atoms with van der Waals surface area (Å²) < 4.78 is 7.23. The summed E-state index contributed by atoms with van der Waals surface area (Å²) in [6.07, 6.45) is 0. The molecule has 1 aliphatic rings. The van der Waals surface area contributed by atoms with Crippen molar-refractivity contribution in [2.45, 2.75) is 193 Å². The molecule has 0 bridgehead atoms. The first-order valence-electron chi connectivity index (χ1n) is 24.8. The van der Waals surface area contributed by atoms with E-state index < -0.39 is 61.7 Å². The maximum absolute atomic E-state index is 3.85. The fourth-order valence-electron chi connectivity index (χ4n) is 13.8. The quantitative estimate of drug-likeness (QED) is 0.0982. The molecule has 0 unspecified atom stereocenters. The third kappa shape index (κ3) is 10.5. The molecule has 0 radical (unpaired) electrons. The van der Waals surface area contributed by atoms with Crippen LogP contribution in [0.4, 0.5) is 0 Å². The molecule has 0 amide bonds. The van der Waals surface area contributed by atoms with Crippen LogP contribution in [-0.2, 0) is 0 Å². The Bertz CT molecular complexity index is 2110. The Morgan fingerprint density at radius 1 is 0.317 bits per heavy atom. The first kappa shape index (κ1) is 52.4. The predicted octanol–water partition coefficient (Wildman–Crippen LogP) is 16.8. The first-order chi connectivity index (χ1) is 28.6. The van der Waals surface area contributed by atoms with E-state index in [2.05, 4.69) is 244 Å². The normalized spacial score (nSPS) is 15.6. The molecule has 0 atom stereocenters. The van der Waals surface area contributed by atoms with Crippen LogP contribution in [0.2, 0.25) is 118 Å². The van der Waals surface area contributed by atoms with Gasteiger partial charge in [-0.15, -0.1) is 0 Å². The van der Waals surface area contributed by atoms with E-state index in [0.29, 0.717) is 33.2 Å². The van der Waals surface area contributed by atoms with Crippen LogP contribution in [0.1, 0.15) is 119 Å². The van der Waals surface area contributed by atoms with Gasteiger partial charge in [0, 0.05) is 0 Å². The monoisotopic (exact) mass is 1010 g/mol. The number of hydrogen-bond donors (Lipinski definition) is 0. The average Bonchev–Trinajstić information content (AvgIpc) is 3.78. The first-order valence-corrected chi connectivity index (χ1v) is 50.5. The predicted molar refractivity (Wildman–Crippen MR) is 308 cm³/mol. The van der Waals surface area contributed by atoms with Crippen LogP contribution in [0.15, 0.2) is 84.9 Å². The molecule has 4 aromatic rings. The molecule has 1 aliphatic heterocycles. The molecular weight excluding hydrogens is 914 g/mol. The van der Waals surface area contributed by atoms with Crippen LogP contribution >= 0.6 is 0 Å². The molecule has 1 heterocycles. The number of benzene rings is 4. The van der Waals surface area contributed by atoms with Crippen LogP contribution in [-0.4, -0.2) is 61.7 Å². The molecule has 0 aromatic heterocycles. The van der Waals surface area contributed by atoms with Crippen molar-refractivity contribution >= 4 is 79.3 Å². The third-order valence-corrected chi connectivity index (χ3v) is 52.7. The van der Waals surface area contributed by atoms with E-state index in [-0.39, 0.29) is 0 Å². The summed E-state index contributed by atoms with van der Waals surface area (Å²) in [7, 11) is -10.6. The van der Waals surface area contributed by atoms with E-state index in [4.69, 9.17) is 0 Å². The van der Waals surface area contributed by atoms with Gasteiger partial charge in [0.05, 0.1) is 0 Å². The van der Waals surface area contributed by atoms with Crippen molar-refractivity contribution < 1.29 is 0 Å². The van der Waals surface area contributed by atoms with Crippen molar-refractivity contribution in [1.82, 2.24) is 0 Å². The van der Waals surface area contributed by atoms with Gasteiger partial charge in [0.25, 0.3) is 0 Å². The van der Waals surface area contributed by atoms with Crippen LogP contribution in [0.25, 0.3) is 8.81 Å². The molecule has 0 nitrogen and oxygen atoms in total. The Labute approximate surface area is 398 Å². The Kier molecular flexibility index (Phi) is 15.1. The van der Waals surface area contributed by atoms with Gasteiger partial charge in [-0.1, -0.05) is 0 Å². The summed E-state index contributed by atoms with van der Waals surface area (Å²) in [4.78, 5) is 0. The van der Waals surface area contributed by atoms with Crippen molar-refractivity contribution in [3.63, 3.8) is 0 Å². The van der Waals surface area contributed by atoms with Crippen LogP contribution in [0.3, 0.4) is 0 Å². The molecule has 344 valence electrons. The van der Waals surface area contributed by atoms with Crippen molar-refractivity contribution in [3.8, 4) is 0 Å². The average molecular weight is 1010 g/mol. The van der Waals surface area contributed by atoms with Crippen molar-refractivity contribution in [2.75, 3.05) is 0 Å². The van der Waals surface area contributed by atoms with Crippen molar-refractivity contribution in [1.29, 1.82) is 0 Å². The van der Waals surface area contributed by atoms with Gasteiger partial charge in [-0.3, -0.25) is 0 Å². The molecule has 4 aromatic carbocycles. The molecule has 63 heavy (non-hydrogen) atoms. The Hall–Kier alpha value is -1.54. The standard InChI is InChI=1S/C56H92GeSi6/c1-39(2)44-35-46(40(3)4)52(47(36-44)41(5)6)57(50(42-31-27-25-28-32-42)51(57)43-33-29-26-30-34-43)53-48(55(60(13,14)15)61(16,17)18)37-45(54(58(7,8)9)59(10,11)12)38-49(53)56(62(19,20)21)63(22,23)24/h25-41,54-56H,1-24H3. The van der Waals surface area contributed by atoms with Gasteiger partial charge in [0.1, 0.15) is 0 Å². The molecule has 0 fully saturated rings. The number of hydrogen-bond acceptors (Lipinski definition) is 0. The van der Waals surface area contributed by atoms with Crippen LogP contribution in [0.5, 0.6) is 0 Å². The second-order valence-corrected chi connectivity index (χ2v) is 68.3. The molecule has 5 rings (SSSR count). The zero-order valence-electron chi connectivity index (χ0n) is 45.0. The van der Waals surface area contributed by atoms with E-state index >= 15 is 0 Å². The molecule has 0 N–H and O–H groups in total. The van der Waals surface area contributed by atoms with Crippen molar-refractivity contribution in [3.05, 3.63) is 129 Å². The van der Waals surface area contributed by atoms with Gasteiger partial charge in [-0.2, -0.15) is 0 Å². The minimum absolute atomic E-state index is 0.414. The zero-order chi connectivity index (χ0) is 47.8. The molecule has 0 aliphatic carbocycles. The topological polar surface area (TPSA) is 0 Å². The third-order valence-electron chi connectivity index (χ3n) is 14.3. The molecular formula is C56H92GeSi6. The van der Waals surface area contributed by atoms with Gasteiger partial charge >= 0.3 is 401 Å². The fourth-order valence-corrected chi connectivity index (χ4v) is 67.5. The maximum atomic E-state index is 3.01. The van der Waals surface area contributed by atoms with Crippen LogP contribution in [0, 0.1) is 0 Å². The summed E-state index contributed by atoms with van der Waals surface area (Å²) in [5.41, 5.74) is 13.2. The Balaban J connectivity index is 2.32. The summed E-state index contributed by atoms with van der Waals surface area (Å²) >= 11 is -3.85. The summed E-state index contributed by atoms with van der Waals surface area (Å²) in [6, 6.07) is 35.3. The minimum atomic E-state index is -3.85. The Morgan fingerprint density at radius 2 is 0.587 bits per heavy atom.